The zero-order valence-electron chi connectivity index (χ0n) is 7.72. The van der Waals surface area contributed by atoms with Gasteiger partial charge < -0.3 is 0 Å². The molecule has 0 atom stereocenters. The first-order valence-electron chi connectivity index (χ1n) is 4.05. The Morgan fingerprint density at radius 2 is 1.92 bits per heavy atom. The van der Waals surface area contributed by atoms with Crippen molar-refractivity contribution in [2.75, 3.05) is 5.33 Å². The van der Waals surface area contributed by atoms with Gasteiger partial charge in [0, 0.05) is 31.3 Å². The zero-order valence-corrected chi connectivity index (χ0v) is 10.9. The number of nitrogens with zero attached hydrogens (tertiary/aromatic N) is 1. The Morgan fingerprint density at radius 1 is 1.38 bits per heavy atom. The van der Waals surface area contributed by atoms with Gasteiger partial charge >= 0.3 is 0 Å². The van der Waals surface area contributed by atoms with Crippen LogP contribution in [0.2, 0.25) is 0 Å². The largest absolute Gasteiger partial charge is 0.185 e. The Balaban J connectivity index is 3.14. The van der Waals surface area contributed by atoms with Gasteiger partial charge in [-0.2, -0.15) is 4.57 Å². The first-order valence-corrected chi connectivity index (χ1v) is 5.96. The molecular weight excluding hydrogens is 294 g/mol. The summed E-state index contributed by atoms with van der Waals surface area (Å²) in [4.78, 5) is 0. The van der Waals surface area contributed by atoms with Crippen molar-refractivity contribution in [3.05, 3.63) is 34.1 Å². The highest BCUT2D eigenvalue weighted by molar-refractivity contribution is 9.13. The molecule has 0 aliphatic heterocycles. The lowest BCUT2D eigenvalue weighted by molar-refractivity contribution is -0.582. The minimum Gasteiger partial charge on any atom is -0.168 e. The molecule has 0 saturated carbocycles. The van der Waals surface area contributed by atoms with Crippen LogP contribution in [0.1, 0.15) is 11.4 Å². The predicted molar refractivity (Wildman–Crippen MR) is 63.1 cm³/mol. The summed E-state index contributed by atoms with van der Waals surface area (Å²) in [5, 5.41) is 0.841. The second-order valence-corrected chi connectivity index (χ2v) is 4.47. The predicted octanol–water partition coefficient (Wildman–Crippen LogP) is 3.18. The van der Waals surface area contributed by atoms with Crippen LogP contribution in [0.3, 0.4) is 0 Å². The van der Waals surface area contributed by atoms with Gasteiger partial charge in [0.1, 0.15) is 0 Å². The first kappa shape index (κ1) is 10.9. The standard InChI is InChI=1S/C10H12Br2N/c1-8-4-3-5-9(2)13(8)7-10(12)6-11/h3-5,7H,6H2,1-2H3/q+1. The maximum Gasteiger partial charge on any atom is 0.185 e. The highest BCUT2D eigenvalue weighted by Gasteiger charge is 2.07. The second-order valence-electron chi connectivity index (χ2n) is 2.89. The molecule has 1 aromatic heterocycles. The Kier molecular flexibility index (Phi) is 4.13. The number of allylic oxidation sites excluding steroid dienone is 1. The van der Waals surface area contributed by atoms with Gasteiger partial charge in [-0.15, -0.1) is 0 Å². The van der Waals surface area contributed by atoms with Crippen LogP contribution in [-0.2, 0) is 0 Å². The van der Waals surface area contributed by atoms with Crippen LogP contribution in [0.15, 0.2) is 22.7 Å². The minimum atomic E-state index is 0.841. The van der Waals surface area contributed by atoms with E-state index in [-0.39, 0.29) is 0 Å². The second kappa shape index (κ2) is 4.91. The van der Waals surface area contributed by atoms with Crippen LogP contribution < -0.4 is 4.57 Å². The number of alkyl halides is 1. The van der Waals surface area contributed by atoms with Gasteiger partial charge in [0.2, 0.25) is 0 Å². The Hall–Kier alpha value is -0.150. The van der Waals surface area contributed by atoms with Crippen LogP contribution in [0.25, 0.3) is 6.20 Å². The fourth-order valence-corrected chi connectivity index (χ4v) is 1.49. The molecule has 0 N–H and O–H groups in total. The molecule has 0 amide bonds. The summed E-state index contributed by atoms with van der Waals surface area (Å²) < 4.78 is 3.29. The Labute approximate surface area is 95.7 Å². The fraction of sp³-hybridized carbons (Fsp3) is 0.300. The molecule has 0 unspecified atom stereocenters. The Bertz CT molecular complexity index is 311. The van der Waals surface area contributed by atoms with Crippen molar-refractivity contribution in [1.82, 2.24) is 0 Å². The summed E-state index contributed by atoms with van der Waals surface area (Å²) in [5.41, 5.74) is 2.47. The molecule has 1 nitrogen and oxygen atoms in total. The van der Waals surface area contributed by atoms with Crippen LogP contribution in [0.5, 0.6) is 0 Å². The molecule has 3 heteroatoms. The summed E-state index contributed by atoms with van der Waals surface area (Å²) in [6.45, 7) is 4.19. The maximum absolute atomic E-state index is 3.48. The summed E-state index contributed by atoms with van der Waals surface area (Å²) in [6.07, 6.45) is 2.08. The summed E-state index contributed by atoms with van der Waals surface area (Å²) in [7, 11) is 0. The normalized spacial score (nSPS) is 11.8. The van der Waals surface area contributed by atoms with E-state index in [9.17, 15) is 0 Å². The maximum atomic E-state index is 3.48. The molecule has 0 aromatic carbocycles. The highest BCUT2D eigenvalue weighted by atomic mass is 79.9. The Morgan fingerprint density at radius 3 is 2.38 bits per heavy atom. The van der Waals surface area contributed by atoms with Crippen molar-refractivity contribution < 1.29 is 4.57 Å². The average Bonchev–Trinajstić information content (AvgIpc) is 2.11. The third-order valence-corrected chi connectivity index (χ3v) is 3.67. The number of pyridine rings is 1. The lowest BCUT2D eigenvalue weighted by atomic mass is 10.3. The molecule has 0 bridgehead atoms. The fourth-order valence-electron chi connectivity index (χ4n) is 1.14. The smallest absolute Gasteiger partial charge is 0.168 e. The van der Waals surface area contributed by atoms with Crippen molar-refractivity contribution in [3.63, 3.8) is 0 Å². The van der Waals surface area contributed by atoms with Crippen LogP contribution in [0.4, 0.5) is 0 Å². The average molecular weight is 306 g/mol. The summed E-state index contributed by atoms with van der Waals surface area (Å²) in [5.74, 6) is 0. The molecule has 1 rings (SSSR count). The van der Waals surface area contributed by atoms with Crippen molar-refractivity contribution >= 4 is 38.1 Å². The number of hydrogen-bond donors (Lipinski definition) is 0. The van der Waals surface area contributed by atoms with Gasteiger partial charge in [0.15, 0.2) is 17.6 Å². The molecule has 0 fully saturated rings. The highest BCUT2D eigenvalue weighted by Crippen LogP contribution is 2.08. The summed E-state index contributed by atoms with van der Waals surface area (Å²) >= 11 is 6.87. The van der Waals surface area contributed by atoms with E-state index in [1.165, 1.54) is 11.4 Å². The molecule has 1 aromatic rings. The zero-order chi connectivity index (χ0) is 9.84. The van der Waals surface area contributed by atoms with Gasteiger partial charge in [0.25, 0.3) is 0 Å². The molecular formula is C10H12Br2N+. The van der Waals surface area contributed by atoms with Crippen LogP contribution >= 0.6 is 31.9 Å². The number of aromatic nitrogens is 1. The minimum absolute atomic E-state index is 0.841. The van der Waals surface area contributed by atoms with E-state index in [4.69, 9.17) is 0 Å². The van der Waals surface area contributed by atoms with Crippen molar-refractivity contribution in [2.45, 2.75) is 13.8 Å². The molecule has 70 valence electrons. The number of hydrogen-bond acceptors (Lipinski definition) is 0. The number of aryl methyl sites for hydroxylation is 2. The molecule has 13 heavy (non-hydrogen) atoms. The van der Waals surface area contributed by atoms with Gasteiger partial charge in [-0.05, 0) is 22.0 Å². The van der Waals surface area contributed by atoms with Gasteiger partial charge in [-0.3, -0.25) is 0 Å². The number of rotatable bonds is 2. The molecule has 0 aliphatic carbocycles. The van der Waals surface area contributed by atoms with E-state index in [0.29, 0.717) is 0 Å². The topological polar surface area (TPSA) is 3.88 Å². The van der Waals surface area contributed by atoms with E-state index >= 15 is 0 Å². The summed E-state index contributed by atoms with van der Waals surface area (Å²) in [6, 6.07) is 6.26. The molecule has 0 radical (unpaired) electrons. The third-order valence-electron chi connectivity index (χ3n) is 1.83. The quantitative estimate of drug-likeness (QED) is 0.584. The molecule has 0 aliphatic rings. The molecule has 1 heterocycles. The van der Waals surface area contributed by atoms with Crippen molar-refractivity contribution in [2.24, 2.45) is 0 Å². The lowest BCUT2D eigenvalue weighted by Crippen LogP contribution is -2.33. The molecule has 0 saturated heterocycles. The first-order chi connectivity index (χ1) is 6.15. The van der Waals surface area contributed by atoms with Gasteiger partial charge in [0.05, 0.1) is 4.48 Å². The van der Waals surface area contributed by atoms with Crippen LogP contribution in [0, 0.1) is 13.8 Å². The number of halogens is 2. The van der Waals surface area contributed by atoms with Gasteiger partial charge in [-0.1, -0.05) is 15.9 Å². The monoisotopic (exact) mass is 304 g/mol. The van der Waals surface area contributed by atoms with Crippen molar-refractivity contribution in [1.29, 1.82) is 0 Å². The molecule has 0 spiro atoms. The van der Waals surface area contributed by atoms with Gasteiger partial charge in [-0.25, -0.2) is 0 Å². The van der Waals surface area contributed by atoms with E-state index < -0.39 is 0 Å². The van der Waals surface area contributed by atoms with E-state index in [1.807, 2.05) is 0 Å². The van der Waals surface area contributed by atoms with E-state index in [0.717, 1.165) is 9.81 Å². The SMILES string of the molecule is Cc1cccc(C)[n+]1C=C(Br)CBr. The van der Waals surface area contributed by atoms with Crippen molar-refractivity contribution in [3.8, 4) is 0 Å². The van der Waals surface area contributed by atoms with Crippen LogP contribution in [-0.4, -0.2) is 5.33 Å². The van der Waals surface area contributed by atoms with E-state index in [2.05, 4.69) is 74.7 Å². The third kappa shape index (κ3) is 2.92. The van der Waals surface area contributed by atoms with E-state index in [1.54, 1.807) is 0 Å². The lowest BCUT2D eigenvalue weighted by Gasteiger charge is -1.97.